The Morgan fingerprint density at radius 1 is 1.17 bits per heavy atom. The molecule has 1 aliphatic carbocycles. The zero-order chi connectivity index (χ0) is 17.4. The largest absolute Gasteiger partial charge is 0.345 e. The van der Waals surface area contributed by atoms with Crippen LogP contribution < -0.4 is 10.6 Å². The fraction of sp³-hybridized carbons (Fsp3) is 0.333. The van der Waals surface area contributed by atoms with E-state index in [9.17, 15) is 9.59 Å². The Bertz CT molecular complexity index is 767. The first kappa shape index (κ1) is 17.0. The smallest absolute Gasteiger partial charge is 0.262 e. The number of thiophene rings is 1. The number of nitrogens with one attached hydrogen (secondary N) is 2. The molecule has 0 radical (unpaired) electrons. The number of benzene rings is 1. The quantitative estimate of drug-likeness (QED) is 0.851. The van der Waals surface area contributed by atoms with Gasteiger partial charge >= 0.3 is 0 Å². The van der Waals surface area contributed by atoms with Crippen molar-refractivity contribution in [1.29, 1.82) is 0 Å². The van der Waals surface area contributed by atoms with Crippen LogP contribution in [0.2, 0.25) is 5.02 Å². The lowest BCUT2D eigenvalue weighted by molar-refractivity contribution is -0.127. The van der Waals surface area contributed by atoms with E-state index >= 15 is 0 Å². The molecule has 1 fully saturated rings. The average Bonchev–Trinajstić information content (AvgIpc) is 3.09. The average molecular weight is 363 g/mol. The maximum Gasteiger partial charge on any atom is 0.262 e. The molecule has 3 rings (SSSR count). The van der Waals surface area contributed by atoms with Crippen molar-refractivity contribution in [2.45, 2.75) is 37.8 Å². The second kappa shape index (κ2) is 6.22. The van der Waals surface area contributed by atoms with Crippen LogP contribution in [0, 0.1) is 0 Å². The molecular formula is C18H19ClN2O2S. The van der Waals surface area contributed by atoms with Gasteiger partial charge in [-0.2, -0.15) is 0 Å². The van der Waals surface area contributed by atoms with Gasteiger partial charge in [0.05, 0.1) is 10.4 Å². The molecule has 0 spiro atoms. The van der Waals surface area contributed by atoms with E-state index in [4.69, 9.17) is 11.6 Å². The molecule has 24 heavy (non-hydrogen) atoms. The molecule has 126 valence electrons. The Hall–Kier alpha value is -1.85. The molecule has 2 aromatic rings. The van der Waals surface area contributed by atoms with E-state index in [0.717, 1.165) is 18.4 Å². The zero-order valence-corrected chi connectivity index (χ0v) is 15.1. The van der Waals surface area contributed by atoms with E-state index in [-0.39, 0.29) is 11.8 Å². The minimum Gasteiger partial charge on any atom is -0.345 e. The van der Waals surface area contributed by atoms with E-state index in [2.05, 4.69) is 10.6 Å². The van der Waals surface area contributed by atoms with Crippen molar-refractivity contribution in [3.05, 3.63) is 57.2 Å². The van der Waals surface area contributed by atoms with Crippen LogP contribution >= 0.6 is 22.9 Å². The van der Waals surface area contributed by atoms with Crippen LogP contribution in [-0.2, 0) is 10.3 Å². The topological polar surface area (TPSA) is 58.2 Å². The molecule has 1 aromatic heterocycles. The van der Waals surface area contributed by atoms with Gasteiger partial charge in [-0.25, -0.2) is 0 Å². The Morgan fingerprint density at radius 2 is 1.88 bits per heavy atom. The standard InChI is InChI=1S/C18H19ClN2O2S/c1-17(2,20-15(22)14-8-5-11-24-14)16(23)21-18(9-10-18)12-6-3-4-7-13(12)19/h3-8,11H,9-10H2,1-2H3,(H,20,22)(H,21,23). The molecule has 6 heteroatoms. The highest BCUT2D eigenvalue weighted by Crippen LogP contribution is 2.48. The second-order valence-electron chi connectivity index (χ2n) is 6.57. The first-order valence-electron chi connectivity index (χ1n) is 7.78. The van der Waals surface area contributed by atoms with Gasteiger partial charge in [0.25, 0.3) is 5.91 Å². The lowest BCUT2D eigenvalue weighted by Gasteiger charge is -2.29. The molecular weight excluding hydrogens is 344 g/mol. The molecule has 0 unspecified atom stereocenters. The molecule has 0 saturated heterocycles. The number of carbonyl (C=O) groups is 2. The number of rotatable bonds is 5. The van der Waals surface area contributed by atoms with Gasteiger partial charge in [0, 0.05) is 5.02 Å². The van der Waals surface area contributed by atoms with Gasteiger partial charge in [-0.05, 0) is 49.8 Å². The van der Waals surface area contributed by atoms with Crippen LogP contribution in [0.25, 0.3) is 0 Å². The summed E-state index contributed by atoms with van der Waals surface area (Å²) in [6.45, 7) is 3.41. The lowest BCUT2D eigenvalue weighted by Crippen LogP contribution is -2.56. The Balaban J connectivity index is 1.72. The molecule has 1 aromatic carbocycles. The number of amides is 2. The van der Waals surface area contributed by atoms with Crippen LogP contribution in [0.1, 0.15) is 41.9 Å². The molecule has 2 amide bonds. The maximum atomic E-state index is 12.7. The van der Waals surface area contributed by atoms with Gasteiger partial charge in [-0.1, -0.05) is 35.9 Å². The summed E-state index contributed by atoms with van der Waals surface area (Å²) in [4.78, 5) is 25.6. The van der Waals surface area contributed by atoms with Gasteiger partial charge in [-0.15, -0.1) is 11.3 Å². The predicted molar refractivity (Wildman–Crippen MR) is 96.4 cm³/mol. The fourth-order valence-electron chi connectivity index (χ4n) is 2.62. The summed E-state index contributed by atoms with van der Waals surface area (Å²) in [5.41, 5.74) is -0.501. The van der Waals surface area contributed by atoms with Crippen molar-refractivity contribution in [3.8, 4) is 0 Å². The zero-order valence-electron chi connectivity index (χ0n) is 13.6. The summed E-state index contributed by atoms with van der Waals surface area (Å²) >= 11 is 7.63. The van der Waals surface area contributed by atoms with Gasteiger partial charge < -0.3 is 10.6 Å². The number of halogens is 1. The van der Waals surface area contributed by atoms with Crippen LogP contribution in [0.3, 0.4) is 0 Å². The highest BCUT2D eigenvalue weighted by Gasteiger charge is 2.48. The van der Waals surface area contributed by atoms with Crippen molar-refractivity contribution in [3.63, 3.8) is 0 Å². The first-order chi connectivity index (χ1) is 11.3. The highest BCUT2D eigenvalue weighted by molar-refractivity contribution is 7.12. The van der Waals surface area contributed by atoms with E-state index in [0.29, 0.717) is 9.90 Å². The Morgan fingerprint density at radius 3 is 2.46 bits per heavy atom. The molecule has 0 atom stereocenters. The minimum atomic E-state index is -1.02. The molecule has 0 aliphatic heterocycles. The van der Waals surface area contributed by atoms with E-state index < -0.39 is 11.1 Å². The van der Waals surface area contributed by atoms with E-state index in [1.807, 2.05) is 35.7 Å². The summed E-state index contributed by atoms with van der Waals surface area (Å²) in [7, 11) is 0. The van der Waals surface area contributed by atoms with Crippen LogP contribution in [0.15, 0.2) is 41.8 Å². The lowest BCUT2D eigenvalue weighted by atomic mass is 10.00. The molecule has 1 heterocycles. The van der Waals surface area contributed by atoms with E-state index in [1.54, 1.807) is 19.9 Å². The van der Waals surface area contributed by atoms with Crippen molar-refractivity contribution < 1.29 is 9.59 Å². The Labute approximate surface area is 150 Å². The minimum absolute atomic E-state index is 0.218. The predicted octanol–water partition coefficient (Wildman–Crippen LogP) is 3.72. The van der Waals surface area contributed by atoms with Crippen LogP contribution in [0.4, 0.5) is 0 Å². The highest BCUT2D eigenvalue weighted by atomic mass is 35.5. The summed E-state index contributed by atoms with van der Waals surface area (Å²) < 4.78 is 0. The first-order valence-corrected chi connectivity index (χ1v) is 9.03. The monoisotopic (exact) mass is 362 g/mol. The van der Waals surface area contributed by atoms with Gasteiger partial charge in [0.15, 0.2) is 0 Å². The molecule has 1 saturated carbocycles. The Kier molecular flexibility index (Phi) is 4.40. The summed E-state index contributed by atoms with van der Waals surface area (Å²) in [6, 6.07) is 11.1. The summed E-state index contributed by atoms with van der Waals surface area (Å²) in [5, 5.41) is 8.36. The summed E-state index contributed by atoms with van der Waals surface area (Å²) in [6.07, 6.45) is 1.69. The van der Waals surface area contributed by atoms with Crippen molar-refractivity contribution in [2.75, 3.05) is 0 Å². The summed E-state index contributed by atoms with van der Waals surface area (Å²) in [5.74, 6) is -0.461. The van der Waals surface area contributed by atoms with E-state index in [1.165, 1.54) is 11.3 Å². The molecule has 1 aliphatic rings. The molecule has 4 nitrogen and oxygen atoms in total. The van der Waals surface area contributed by atoms with Crippen LogP contribution in [-0.4, -0.2) is 17.4 Å². The normalized spacial score (nSPS) is 15.6. The number of hydrogen-bond acceptors (Lipinski definition) is 3. The van der Waals surface area contributed by atoms with Crippen LogP contribution in [0.5, 0.6) is 0 Å². The number of carbonyl (C=O) groups excluding carboxylic acids is 2. The SMILES string of the molecule is CC(C)(NC(=O)c1cccs1)C(=O)NC1(c2ccccc2Cl)CC1. The third kappa shape index (κ3) is 3.32. The third-order valence-electron chi connectivity index (χ3n) is 4.23. The fourth-order valence-corrected chi connectivity index (χ4v) is 3.56. The second-order valence-corrected chi connectivity index (χ2v) is 7.93. The molecule has 2 N–H and O–H groups in total. The third-order valence-corrected chi connectivity index (χ3v) is 5.43. The van der Waals surface area contributed by atoms with Gasteiger partial charge in [-0.3, -0.25) is 9.59 Å². The van der Waals surface area contributed by atoms with Crippen molar-refractivity contribution >= 4 is 34.8 Å². The van der Waals surface area contributed by atoms with Gasteiger partial charge in [0.1, 0.15) is 5.54 Å². The number of hydrogen-bond donors (Lipinski definition) is 2. The molecule has 0 bridgehead atoms. The van der Waals surface area contributed by atoms with Crippen molar-refractivity contribution in [2.24, 2.45) is 0 Å². The maximum absolute atomic E-state index is 12.7. The van der Waals surface area contributed by atoms with Crippen molar-refractivity contribution in [1.82, 2.24) is 10.6 Å². The van der Waals surface area contributed by atoms with Gasteiger partial charge in [0.2, 0.25) is 5.91 Å².